The molecule has 0 bridgehead atoms. The van der Waals surface area contributed by atoms with Gasteiger partial charge < -0.3 is 5.32 Å². The van der Waals surface area contributed by atoms with Gasteiger partial charge in [-0.15, -0.1) is 0 Å². The van der Waals surface area contributed by atoms with E-state index in [4.69, 9.17) is 0 Å². The van der Waals surface area contributed by atoms with Crippen LogP contribution in [-0.4, -0.2) is 18.4 Å². The van der Waals surface area contributed by atoms with Crippen LogP contribution in [0.15, 0.2) is 53.5 Å². The van der Waals surface area contributed by atoms with Crippen molar-refractivity contribution in [1.29, 1.82) is 0 Å². The maximum atomic E-state index is 12.5. The third kappa shape index (κ3) is 4.07. The van der Waals surface area contributed by atoms with Gasteiger partial charge in [0.25, 0.3) is 5.91 Å². The molecule has 0 radical (unpaired) electrons. The number of nitrogens with zero attached hydrogens (tertiary/aromatic N) is 1. The summed E-state index contributed by atoms with van der Waals surface area (Å²) in [6.45, 7) is 4.46. The van der Waals surface area contributed by atoms with Crippen LogP contribution >= 0.6 is 0 Å². The largest absolute Gasteiger partial charge is 0.356 e. The van der Waals surface area contributed by atoms with Crippen LogP contribution < -0.4 is 15.9 Å². The van der Waals surface area contributed by atoms with E-state index in [2.05, 4.69) is 10.3 Å². The number of hydrogen-bond acceptors (Lipinski definition) is 2. The second-order valence-electron chi connectivity index (χ2n) is 6.74. The fourth-order valence-electron chi connectivity index (χ4n) is 3.32. The summed E-state index contributed by atoms with van der Waals surface area (Å²) in [6.07, 6.45) is 3.27. The predicted octanol–water partition coefficient (Wildman–Crippen LogP) is 2.25. The molecule has 2 unspecified atom stereocenters. The number of carbonyl (C=O) groups is 2. The normalized spacial score (nSPS) is 16.8. The summed E-state index contributed by atoms with van der Waals surface area (Å²) in [6, 6.07) is 15.7. The van der Waals surface area contributed by atoms with Crippen LogP contribution in [0.2, 0.25) is 0 Å². The van der Waals surface area contributed by atoms with E-state index in [0.717, 1.165) is 28.1 Å². The molecule has 0 aromatic heterocycles. The van der Waals surface area contributed by atoms with Gasteiger partial charge in [-0.25, -0.2) is 4.99 Å². The maximum absolute atomic E-state index is 12.5. The van der Waals surface area contributed by atoms with Gasteiger partial charge in [-0.3, -0.25) is 9.59 Å². The molecule has 0 spiro atoms. The van der Waals surface area contributed by atoms with Crippen molar-refractivity contribution in [2.24, 2.45) is 10.9 Å². The lowest BCUT2D eigenvalue weighted by atomic mass is 9.95. The van der Waals surface area contributed by atoms with Crippen LogP contribution in [0, 0.1) is 12.8 Å². The lowest BCUT2D eigenvalue weighted by Gasteiger charge is -2.17. The second kappa shape index (κ2) is 8.09. The monoisotopic (exact) mass is 348 g/mol. The third-order valence-corrected chi connectivity index (χ3v) is 4.80. The van der Waals surface area contributed by atoms with E-state index in [-0.39, 0.29) is 23.7 Å². The summed E-state index contributed by atoms with van der Waals surface area (Å²) in [7, 11) is 0. The highest BCUT2D eigenvalue weighted by Gasteiger charge is 2.21. The van der Waals surface area contributed by atoms with E-state index in [9.17, 15) is 9.59 Å². The van der Waals surface area contributed by atoms with Crippen molar-refractivity contribution in [3.8, 4) is 0 Å². The zero-order chi connectivity index (χ0) is 18.5. The Bertz CT molecular complexity index is 919. The van der Waals surface area contributed by atoms with Gasteiger partial charge in [0.2, 0.25) is 5.91 Å². The first-order valence-corrected chi connectivity index (χ1v) is 9.12. The molecule has 2 aromatic rings. The molecule has 1 N–H and O–H groups in total. The fourth-order valence-corrected chi connectivity index (χ4v) is 3.32. The van der Waals surface area contributed by atoms with E-state index >= 15 is 0 Å². The average Bonchev–Trinajstić information content (AvgIpc) is 2.64. The van der Waals surface area contributed by atoms with E-state index in [1.165, 1.54) is 0 Å². The Balaban J connectivity index is 1.62. The summed E-state index contributed by atoms with van der Waals surface area (Å²) >= 11 is 0. The van der Waals surface area contributed by atoms with Crippen LogP contribution in [0.4, 0.5) is 0 Å². The van der Waals surface area contributed by atoms with Crippen LogP contribution in [0.25, 0.3) is 6.08 Å². The Morgan fingerprint density at radius 2 is 1.96 bits per heavy atom. The van der Waals surface area contributed by atoms with Gasteiger partial charge in [0.1, 0.15) is 0 Å². The molecule has 2 aromatic carbocycles. The highest BCUT2D eigenvalue weighted by atomic mass is 16.2. The van der Waals surface area contributed by atoms with Crippen LogP contribution in [-0.2, 0) is 9.59 Å². The minimum absolute atomic E-state index is 0.00919. The van der Waals surface area contributed by atoms with Gasteiger partial charge in [-0.1, -0.05) is 55.5 Å². The molecular weight excluding hydrogens is 324 g/mol. The van der Waals surface area contributed by atoms with Crippen molar-refractivity contribution >= 4 is 17.9 Å². The SMILES string of the molecule is CCC(C(=O)NCCC1C=c2ccc(C)cc2=NC1=O)c1ccccc1. The maximum Gasteiger partial charge on any atom is 0.253 e. The predicted molar refractivity (Wildman–Crippen MR) is 102 cm³/mol. The average molecular weight is 348 g/mol. The number of carbonyl (C=O) groups excluding carboxylic acids is 2. The number of fused-ring (bicyclic) bond motifs is 1. The molecule has 1 aliphatic heterocycles. The van der Waals surface area contributed by atoms with Crippen molar-refractivity contribution in [2.45, 2.75) is 32.6 Å². The number of rotatable bonds is 6. The Hall–Kier alpha value is -2.75. The molecule has 3 rings (SSSR count). The first-order chi connectivity index (χ1) is 12.6. The van der Waals surface area contributed by atoms with Gasteiger partial charge in [0, 0.05) is 6.54 Å². The highest BCUT2D eigenvalue weighted by molar-refractivity contribution is 5.86. The van der Waals surface area contributed by atoms with Gasteiger partial charge in [-0.2, -0.15) is 0 Å². The summed E-state index contributed by atoms with van der Waals surface area (Å²) in [5.41, 5.74) is 2.11. The molecule has 0 aliphatic carbocycles. The molecule has 0 saturated carbocycles. The second-order valence-corrected chi connectivity index (χ2v) is 6.74. The molecule has 26 heavy (non-hydrogen) atoms. The molecule has 0 fully saturated rings. The molecule has 1 aliphatic rings. The molecule has 1 heterocycles. The minimum Gasteiger partial charge on any atom is -0.356 e. The fraction of sp³-hybridized carbons (Fsp3) is 0.318. The molecule has 0 saturated heterocycles. The summed E-state index contributed by atoms with van der Waals surface area (Å²) in [5, 5.41) is 4.71. The molecular formula is C22H24N2O2. The Morgan fingerprint density at radius 3 is 2.69 bits per heavy atom. The van der Waals surface area contributed by atoms with E-state index in [0.29, 0.717) is 13.0 Å². The molecule has 4 nitrogen and oxygen atoms in total. The molecule has 4 heteroatoms. The van der Waals surface area contributed by atoms with Crippen molar-refractivity contribution in [1.82, 2.24) is 5.32 Å². The van der Waals surface area contributed by atoms with Gasteiger partial charge in [-0.05, 0) is 42.2 Å². The zero-order valence-electron chi connectivity index (χ0n) is 15.2. The van der Waals surface area contributed by atoms with Crippen LogP contribution in [0.3, 0.4) is 0 Å². The van der Waals surface area contributed by atoms with E-state index in [1.807, 2.05) is 68.5 Å². The quantitative estimate of drug-likeness (QED) is 0.870. The lowest BCUT2D eigenvalue weighted by molar-refractivity contribution is -0.123. The highest BCUT2D eigenvalue weighted by Crippen LogP contribution is 2.19. The first kappa shape index (κ1) is 18.1. The minimum atomic E-state index is -0.276. The van der Waals surface area contributed by atoms with Crippen molar-refractivity contribution in [2.75, 3.05) is 6.54 Å². The van der Waals surface area contributed by atoms with Crippen LogP contribution in [0.1, 0.15) is 36.8 Å². The number of nitrogens with one attached hydrogen (secondary N) is 1. The number of hydrogen-bond donors (Lipinski definition) is 1. The summed E-state index contributed by atoms with van der Waals surface area (Å²) in [5.74, 6) is -0.555. The summed E-state index contributed by atoms with van der Waals surface area (Å²) < 4.78 is 0. The zero-order valence-corrected chi connectivity index (χ0v) is 15.2. The van der Waals surface area contributed by atoms with Gasteiger partial charge in [0.15, 0.2) is 0 Å². The van der Waals surface area contributed by atoms with Gasteiger partial charge >= 0.3 is 0 Å². The van der Waals surface area contributed by atoms with E-state index < -0.39 is 0 Å². The molecule has 134 valence electrons. The Morgan fingerprint density at radius 1 is 1.19 bits per heavy atom. The number of benzene rings is 2. The lowest BCUT2D eigenvalue weighted by Crippen LogP contribution is -2.36. The Kier molecular flexibility index (Phi) is 5.61. The first-order valence-electron chi connectivity index (χ1n) is 9.12. The van der Waals surface area contributed by atoms with Crippen molar-refractivity contribution in [3.05, 3.63) is 70.2 Å². The molecule has 2 amide bonds. The van der Waals surface area contributed by atoms with Crippen molar-refractivity contribution in [3.63, 3.8) is 0 Å². The van der Waals surface area contributed by atoms with Crippen molar-refractivity contribution < 1.29 is 9.59 Å². The van der Waals surface area contributed by atoms with Gasteiger partial charge in [0.05, 0.1) is 17.2 Å². The Labute approximate surface area is 153 Å². The molecule has 2 atom stereocenters. The van der Waals surface area contributed by atoms with Crippen LogP contribution in [0.5, 0.6) is 0 Å². The standard InChI is InChI=1S/C22H24N2O2/c1-3-19(16-7-5-4-6-8-16)22(26)23-12-11-18-14-17-10-9-15(2)13-20(17)24-21(18)25/h4-10,13-14,18-19H,3,11-12H2,1-2H3,(H,23,26). The number of aryl methyl sites for hydroxylation is 1. The number of amides is 2. The smallest absolute Gasteiger partial charge is 0.253 e. The summed E-state index contributed by atoms with van der Waals surface area (Å²) in [4.78, 5) is 29.0. The van der Waals surface area contributed by atoms with E-state index in [1.54, 1.807) is 0 Å². The topological polar surface area (TPSA) is 58.5 Å². The third-order valence-electron chi connectivity index (χ3n) is 4.80.